The number of carboxylic acid groups (broad SMARTS) is 1. The van der Waals surface area contributed by atoms with Gasteiger partial charge in [0.15, 0.2) is 0 Å². The van der Waals surface area contributed by atoms with E-state index in [4.69, 9.17) is 5.11 Å². The zero-order valence-electron chi connectivity index (χ0n) is 12.7. The van der Waals surface area contributed by atoms with E-state index in [1.165, 1.54) is 11.1 Å². The lowest BCUT2D eigenvalue weighted by molar-refractivity contribution is -0.144. The average molecular weight is 289 g/mol. The van der Waals surface area contributed by atoms with Gasteiger partial charge >= 0.3 is 5.97 Å². The van der Waals surface area contributed by atoms with Crippen molar-refractivity contribution >= 4 is 11.9 Å². The number of carbonyl (C=O) groups excluding carboxylic acids is 1. The zero-order chi connectivity index (χ0) is 15.4. The fourth-order valence-electron chi connectivity index (χ4n) is 2.95. The Morgan fingerprint density at radius 3 is 2.62 bits per heavy atom. The Balaban J connectivity index is 2.04. The number of hydrogen-bond donors (Lipinski definition) is 1. The van der Waals surface area contributed by atoms with Gasteiger partial charge in [-0.25, -0.2) is 0 Å². The standard InChI is InChI=1S/C17H23NO3/c1-3-18(11-12(2)17(20)21)16(19)15-9-8-13-6-4-5-7-14(13)10-15/h4-7,12,15H,3,8-11H2,1-2H3,(H,20,21). The number of fused-ring (bicyclic) bond motifs is 1. The molecule has 114 valence electrons. The number of carboxylic acids is 1. The summed E-state index contributed by atoms with van der Waals surface area (Å²) < 4.78 is 0. The first-order valence-corrected chi connectivity index (χ1v) is 7.61. The molecule has 2 atom stereocenters. The van der Waals surface area contributed by atoms with Crippen molar-refractivity contribution in [3.05, 3.63) is 35.4 Å². The van der Waals surface area contributed by atoms with Gasteiger partial charge in [-0.1, -0.05) is 31.2 Å². The minimum absolute atomic E-state index is 0.0131. The minimum atomic E-state index is -0.852. The summed E-state index contributed by atoms with van der Waals surface area (Å²) in [5.74, 6) is -1.29. The highest BCUT2D eigenvalue weighted by atomic mass is 16.4. The van der Waals surface area contributed by atoms with E-state index in [-0.39, 0.29) is 11.8 Å². The molecule has 0 aromatic heterocycles. The fraction of sp³-hybridized carbons (Fsp3) is 0.529. The fourth-order valence-corrected chi connectivity index (χ4v) is 2.95. The van der Waals surface area contributed by atoms with Crippen LogP contribution in [0.2, 0.25) is 0 Å². The molecule has 0 aliphatic heterocycles. The summed E-state index contributed by atoms with van der Waals surface area (Å²) in [6.45, 7) is 4.41. The third kappa shape index (κ3) is 3.63. The minimum Gasteiger partial charge on any atom is -0.481 e. The lowest BCUT2D eigenvalue weighted by Gasteiger charge is -2.30. The van der Waals surface area contributed by atoms with Crippen LogP contribution in [0.1, 0.15) is 31.4 Å². The Kier molecular flexibility index (Phi) is 4.99. The molecule has 2 rings (SSSR count). The molecule has 21 heavy (non-hydrogen) atoms. The highest BCUT2D eigenvalue weighted by Gasteiger charge is 2.29. The maximum absolute atomic E-state index is 12.6. The SMILES string of the molecule is CCN(CC(C)C(=O)O)C(=O)C1CCc2ccccc2C1. The Hall–Kier alpha value is -1.84. The quantitative estimate of drug-likeness (QED) is 0.905. The predicted molar refractivity (Wildman–Crippen MR) is 81.0 cm³/mol. The molecule has 2 unspecified atom stereocenters. The third-order valence-corrected chi connectivity index (χ3v) is 4.31. The van der Waals surface area contributed by atoms with Crippen LogP contribution in [0.4, 0.5) is 0 Å². The highest BCUT2D eigenvalue weighted by molar-refractivity contribution is 5.80. The molecule has 1 N–H and O–H groups in total. The number of hydrogen-bond acceptors (Lipinski definition) is 2. The molecule has 0 heterocycles. The van der Waals surface area contributed by atoms with E-state index in [2.05, 4.69) is 12.1 Å². The van der Waals surface area contributed by atoms with Crippen LogP contribution in [0.15, 0.2) is 24.3 Å². The van der Waals surface area contributed by atoms with Crippen LogP contribution in [-0.4, -0.2) is 35.0 Å². The second kappa shape index (κ2) is 6.74. The second-order valence-corrected chi connectivity index (χ2v) is 5.82. The average Bonchev–Trinajstić information content (AvgIpc) is 2.51. The molecular weight excluding hydrogens is 266 g/mol. The summed E-state index contributed by atoms with van der Waals surface area (Å²) in [7, 11) is 0. The molecule has 0 fully saturated rings. The van der Waals surface area contributed by atoms with Crippen molar-refractivity contribution in [1.82, 2.24) is 4.90 Å². The smallest absolute Gasteiger partial charge is 0.308 e. The van der Waals surface area contributed by atoms with E-state index in [1.807, 2.05) is 19.1 Å². The van der Waals surface area contributed by atoms with Crippen LogP contribution in [-0.2, 0) is 22.4 Å². The van der Waals surface area contributed by atoms with Crippen LogP contribution in [0.25, 0.3) is 0 Å². The van der Waals surface area contributed by atoms with Gasteiger partial charge in [-0.05, 0) is 37.3 Å². The lowest BCUT2D eigenvalue weighted by Crippen LogP contribution is -2.41. The van der Waals surface area contributed by atoms with E-state index in [1.54, 1.807) is 11.8 Å². The van der Waals surface area contributed by atoms with Crippen LogP contribution in [0.3, 0.4) is 0 Å². The van der Waals surface area contributed by atoms with Crippen LogP contribution in [0.5, 0.6) is 0 Å². The maximum atomic E-state index is 12.6. The molecular formula is C17H23NO3. The van der Waals surface area contributed by atoms with E-state index in [9.17, 15) is 9.59 Å². The first-order chi connectivity index (χ1) is 10.0. The summed E-state index contributed by atoms with van der Waals surface area (Å²) in [6.07, 6.45) is 2.55. The van der Waals surface area contributed by atoms with Crippen molar-refractivity contribution < 1.29 is 14.7 Å². The van der Waals surface area contributed by atoms with Gasteiger partial charge in [0.25, 0.3) is 0 Å². The van der Waals surface area contributed by atoms with Gasteiger partial charge in [0.1, 0.15) is 0 Å². The number of aryl methyl sites for hydroxylation is 1. The van der Waals surface area contributed by atoms with Gasteiger partial charge in [0.05, 0.1) is 5.92 Å². The van der Waals surface area contributed by atoms with E-state index in [0.717, 1.165) is 19.3 Å². The molecule has 0 saturated carbocycles. The number of benzene rings is 1. The Morgan fingerprint density at radius 1 is 1.33 bits per heavy atom. The van der Waals surface area contributed by atoms with Crippen molar-refractivity contribution in [2.45, 2.75) is 33.1 Å². The van der Waals surface area contributed by atoms with Gasteiger partial charge in [0, 0.05) is 19.0 Å². The molecule has 1 aromatic rings. The van der Waals surface area contributed by atoms with Crippen molar-refractivity contribution in [1.29, 1.82) is 0 Å². The van der Waals surface area contributed by atoms with Gasteiger partial charge in [-0.3, -0.25) is 9.59 Å². The second-order valence-electron chi connectivity index (χ2n) is 5.82. The number of amides is 1. The molecule has 0 spiro atoms. The van der Waals surface area contributed by atoms with Crippen LogP contribution < -0.4 is 0 Å². The Labute approximate surface area is 125 Å². The third-order valence-electron chi connectivity index (χ3n) is 4.31. The monoisotopic (exact) mass is 289 g/mol. The number of aliphatic carboxylic acids is 1. The molecule has 0 bridgehead atoms. The molecule has 1 aromatic carbocycles. The van der Waals surface area contributed by atoms with Crippen molar-refractivity contribution in [2.24, 2.45) is 11.8 Å². The normalized spacial score (nSPS) is 18.7. The predicted octanol–water partition coefficient (Wildman–Crippen LogP) is 2.36. The summed E-state index contributed by atoms with van der Waals surface area (Å²) in [5, 5.41) is 9.01. The number of rotatable bonds is 5. The first-order valence-electron chi connectivity index (χ1n) is 7.61. The van der Waals surface area contributed by atoms with Gasteiger partial charge in [0.2, 0.25) is 5.91 Å². The Morgan fingerprint density at radius 2 is 2.00 bits per heavy atom. The summed E-state index contributed by atoms with van der Waals surface area (Å²) in [6, 6.07) is 8.26. The van der Waals surface area contributed by atoms with Crippen LogP contribution >= 0.6 is 0 Å². The number of nitrogens with zero attached hydrogens (tertiary/aromatic N) is 1. The number of carbonyl (C=O) groups is 2. The summed E-state index contributed by atoms with van der Waals surface area (Å²) in [5.41, 5.74) is 2.59. The highest BCUT2D eigenvalue weighted by Crippen LogP contribution is 2.27. The van der Waals surface area contributed by atoms with Crippen molar-refractivity contribution in [3.8, 4) is 0 Å². The topological polar surface area (TPSA) is 57.6 Å². The molecule has 0 radical (unpaired) electrons. The zero-order valence-corrected chi connectivity index (χ0v) is 12.7. The van der Waals surface area contributed by atoms with Gasteiger partial charge < -0.3 is 10.0 Å². The van der Waals surface area contributed by atoms with Gasteiger partial charge in [-0.2, -0.15) is 0 Å². The van der Waals surface area contributed by atoms with E-state index in [0.29, 0.717) is 13.1 Å². The molecule has 1 aliphatic rings. The van der Waals surface area contributed by atoms with Crippen LogP contribution in [0, 0.1) is 11.8 Å². The van der Waals surface area contributed by atoms with Crippen molar-refractivity contribution in [2.75, 3.05) is 13.1 Å². The Bertz CT molecular complexity index is 527. The largest absolute Gasteiger partial charge is 0.481 e. The summed E-state index contributed by atoms with van der Waals surface area (Å²) >= 11 is 0. The molecule has 1 aliphatic carbocycles. The van der Waals surface area contributed by atoms with E-state index < -0.39 is 11.9 Å². The molecule has 0 saturated heterocycles. The molecule has 4 heteroatoms. The first kappa shape index (κ1) is 15.5. The lowest BCUT2D eigenvalue weighted by atomic mass is 9.83. The van der Waals surface area contributed by atoms with E-state index >= 15 is 0 Å². The maximum Gasteiger partial charge on any atom is 0.308 e. The van der Waals surface area contributed by atoms with Gasteiger partial charge in [-0.15, -0.1) is 0 Å². The van der Waals surface area contributed by atoms with Crippen molar-refractivity contribution in [3.63, 3.8) is 0 Å². The molecule has 4 nitrogen and oxygen atoms in total. The summed E-state index contributed by atoms with van der Waals surface area (Å²) in [4.78, 5) is 25.3. The molecule has 1 amide bonds.